The van der Waals surface area contributed by atoms with Crippen LogP contribution in [0.25, 0.3) is 11.1 Å². The summed E-state index contributed by atoms with van der Waals surface area (Å²) in [6.07, 6.45) is -0.456. The lowest BCUT2D eigenvalue weighted by molar-refractivity contribution is -0.0192. The topological polar surface area (TPSA) is 120 Å². The van der Waals surface area contributed by atoms with Gasteiger partial charge in [0.25, 0.3) is 0 Å². The third-order valence-electron chi connectivity index (χ3n) is 7.19. The van der Waals surface area contributed by atoms with E-state index in [1.165, 1.54) is 22.3 Å². The second-order valence-electron chi connectivity index (χ2n) is 10.4. The van der Waals surface area contributed by atoms with Crippen LogP contribution >= 0.6 is 0 Å². The fourth-order valence-electron chi connectivity index (χ4n) is 4.93. The molecule has 0 radical (unpaired) electrons. The van der Waals surface area contributed by atoms with E-state index >= 15 is 0 Å². The minimum absolute atomic E-state index is 0.0354. The van der Waals surface area contributed by atoms with Crippen molar-refractivity contribution in [3.05, 3.63) is 95.6 Å². The summed E-state index contributed by atoms with van der Waals surface area (Å²) >= 11 is 0. The smallest absolute Gasteiger partial charge is 0.407 e. The molecular weight excluding hydrogens is 606 g/mol. The first-order valence-electron chi connectivity index (χ1n) is 16.0. The van der Waals surface area contributed by atoms with Gasteiger partial charge in [-0.3, -0.25) is 0 Å². The summed E-state index contributed by atoms with van der Waals surface area (Å²) in [5, 5.41) is 2.74. The van der Waals surface area contributed by atoms with Crippen molar-refractivity contribution in [1.29, 1.82) is 0 Å². The minimum atomic E-state index is -0.456. The van der Waals surface area contributed by atoms with Gasteiger partial charge < -0.3 is 43.2 Å². The standard InChI is InChI=1S/C36H45NO10/c38-35(29-8-2-1-3-9-29)46-27-26-45-25-24-44-23-22-43-21-20-42-19-18-41-17-16-40-15-14-37-36(39)47-28-34-32-12-6-4-10-30(32)31-11-5-7-13-33(31)34/h1-13,34H,14-28H2,(H,37,39). The van der Waals surface area contributed by atoms with Crippen LogP contribution in [0.15, 0.2) is 78.9 Å². The molecule has 11 heteroatoms. The number of hydrogen-bond donors (Lipinski definition) is 1. The second-order valence-corrected chi connectivity index (χ2v) is 10.4. The molecule has 11 nitrogen and oxygen atoms in total. The van der Waals surface area contributed by atoms with Crippen molar-refractivity contribution in [1.82, 2.24) is 5.32 Å². The number of rotatable bonds is 24. The number of ether oxygens (including phenoxy) is 8. The first kappa shape index (κ1) is 36.0. The molecule has 47 heavy (non-hydrogen) atoms. The van der Waals surface area contributed by atoms with Gasteiger partial charge in [-0.2, -0.15) is 0 Å². The van der Waals surface area contributed by atoms with Gasteiger partial charge in [-0.25, -0.2) is 9.59 Å². The summed E-state index contributed by atoms with van der Waals surface area (Å²) in [7, 11) is 0. The average molecular weight is 652 g/mol. The van der Waals surface area contributed by atoms with Crippen LogP contribution in [0, 0.1) is 0 Å². The Morgan fingerprint density at radius 2 is 0.915 bits per heavy atom. The quantitative estimate of drug-likeness (QED) is 0.110. The van der Waals surface area contributed by atoms with E-state index in [9.17, 15) is 9.59 Å². The summed E-state index contributed by atoms with van der Waals surface area (Å²) < 4.78 is 43.4. The van der Waals surface area contributed by atoms with E-state index in [-0.39, 0.29) is 25.1 Å². The summed E-state index contributed by atoms with van der Waals surface area (Å²) in [5.41, 5.74) is 5.28. The molecule has 0 saturated carbocycles. The highest BCUT2D eigenvalue weighted by Gasteiger charge is 2.28. The highest BCUT2D eigenvalue weighted by atomic mass is 16.6. The Balaban J connectivity index is 0.853. The lowest BCUT2D eigenvalue weighted by Gasteiger charge is -2.14. The molecule has 254 valence electrons. The highest BCUT2D eigenvalue weighted by molar-refractivity contribution is 5.89. The van der Waals surface area contributed by atoms with Crippen LogP contribution < -0.4 is 5.32 Å². The number of esters is 1. The molecule has 4 rings (SSSR count). The molecule has 1 aliphatic carbocycles. The van der Waals surface area contributed by atoms with E-state index in [1.54, 1.807) is 24.3 Å². The third kappa shape index (κ3) is 13.1. The van der Waals surface area contributed by atoms with E-state index < -0.39 is 6.09 Å². The number of nitrogens with one attached hydrogen (secondary N) is 1. The molecule has 3 aromatic rings. The van der Waals surface area contributed by atoms with Crippen LogP contribution in [-0.2, 0) is 37.9 Å². The summed E-state index contributed by atoms with van der Waals surface area (Å²) in [6, 6.07) is 25.3. The maximum atomic E-state index is 12.2. The van der Waals surface area contributed by atoms with E-state index in [2.05, 4.69) is 29.6 Å². The Labute approximate surface area is 276 Å². The minimum Gasteiger partial charge on any atom is -0.460 e. The lowest BCUT2D eigenvalue weighted by atomic mass is 9.98. The molecule has 0 spiro atoms. The van der Waals surface area contributed by atoms with Gasteiger partial charge in [-0.1, -0.05) is 66.7 Å². The van der Waals surface area contributed by atoms with Crippen molar-refractivity contribution in [3.63, 3.8) is 0 Å². The van der Waals surface area contributed by atoms with Crippen LogP contribution in [0.1, 0.15) is 27.4 Å². The zero-order valence-corrected chi connectivity index (χ0v) is 26.8. The molecule has 0 unspecified atom stereocenters. The first-order chi connectivity index (χ1) is 23.2. The third-order valence-corrected chi connectivity index (χ3v) is 7.19. The Bertz CT molecular complexity index is 1280. The van der Waals surface area contributed by atoms with Crippen molar-refractivity contribution >= 4 is 12.1 Å². The number of amides is 1. The Hall–Kier alpha value is -3.84. The molecular formula is C36H45NO10. The molecule has 0 aliphatic heterocycles. The van der Waals surface area contributed by atoms with Crippen molar-refractivity contribution < 1.29 is 47.5 Å². The van der Waals surface area contributed by atoms with E-state index in [4.69, 9.17) is 37.9 Å². The van der Waals surface area contributed by atoms with Crippen molar-refractivity contribution in [2.24, 2.45) is 0 Å². The van der Waals surface area contributed by atoms with Crippen LogP contribution in [0.4, 0.5) is 4.79 Å². The maximum Gasteiger partial charge on any atom is 0.407 e. The Morgan fingerprint density at radius 1 is 0.489 bits per heavy atom. The first-order valence-corrected chi connectivity index (χ1v) is 16.0. The van der Waals surface area contributed by atoms with Crippen LogP contribution in [0.2, 0.25) is 0 Å². The SMILES string of the molecule is O=C(NCCOCCOCCOCCOCCOCCOCCOC(=O)c1ccccc1)OCC1c2ccccc2-c2ccccc21. The molecule has 0 fully saturated rings. The fraction of sp³-hybridized carbons (Fsp3) is 0.444. The van der Waals surface area contributed by atoms with E-state index in [0.29, 0.717) is 91.4 Å². The van der Waals surface area contributed by atoms with Gasteiger partial charge in [-0.05, 0) is 34.4 Å². The normalized spacial score (nSPS) is 12.0. The monoisotopic (exact) mass is 651 g/mol. The van der Waals surface area contributed by atoms with Crippen LogP contribution in [-0.4, -0.2) is 111 Å². The molecule has 0 heterocycles. The number of carbonyl (C=O) groups excluding carboxylic acids is 2. The van der Waals surface area contributed by atoms with Crippen LogP contribution in [0.5, 0.6) is 0 Å². The molecule has 0 aromatic heterocycles. The Morgan fingerprint density at radius 3 is 1.43 bits per heavy atom. The molecule has 1 aliphatic rings. The average Bonchev–Trinajstić information content (AvgIpc) is 3.43. The predicted octanol–water partition coefficient (Wildman–Crippen LogP) is 4.48. The molecule has 0 bridgehead atoms. The van der Waals surface area contributed by atoms with Crippen LogP contribution in [0.3, 0.4) is 0 Å². The summed E-state index contributed by atoms with van der Waals surface area (Å²) in [4.78, 5) is 24.0. The molecule has 1 amide bonds. The second kappa shape index (κ2) is 21.9. The van der Waals surface area contributed by atoms with Gasteiger partial charge in [0.2, 0.25) is 0 Å². The molecule has 0 saturated heterocycles. The maximum absolute atomic E-state index is 12.2. The lowest BCUT2D eigenvalue weighted by Crippen LogP contribution is -2.29. The zero-order valence-electron chi connectivity index (χ0n) is 26.8. The van der Waals surface area contributed by atoms with Crippen molar-refractivity contribution in [2.75, 3.05) is 99.0 Å². The van der Waals surface area contributed by atoms with E-state index in [1.807, 2.05) is 30.3 Å². The number of alkyl carbamates (subject to hydrolysis) is 1. The number of hydrogen-bond acceptors (Lipinski definition) is 10. The zero-order chi connectivity index (χ0) is 32.8. The number of fused-ring (bicyclic) bond motifs is 3. The van der Waals surface area contributed by atoms with Crippen molar-refractivity contribution in [3.8, 4) is 11.1 Å². The number of benzene rings is 3. The molecule has 3 aromatic carbocycles. The fourth-order valence-corrected chi connectivity index (χ4v) is 4.93. The summed E-state index contributed by atoms with van der Waals surface area (Å²) in [5.74, 6) is -0.325. The molecule has 1 N–H and O–H groups in total. The van der Waals surface area contributed by atoms with Gasteiger partial charge in [-0.15, -0.1) is 0 Å². The van der Waals surface area contributed by atoms with Gasteiger partial charge in [0.15, 0.2) is 0 Å². The highest BCUT2D eigenvalue weighted by Crippen LogP contribution is 2.44. The number of carbonyl (C=O) groups is 2. The van der Waals surface area contributed by atoms with Gasteiger partial charge >= 0.3 is 12.1 Å². The van der Waals surface area contributed by atoms with Crippen molar-refractivity contribution in [2.45, 2.75) is 5.92 Å². The Kier molecular flexibility index (Phi) is 16.7. The van der Waals surface area contributed by atoms with Gasteiger partial charge in [0.05, 0.1) is 84.8 Å². The largest absolute Gasteiger partial charge is 0.460 e. The predicted molar refractivity (Wildman–Crippen MR) is 175 cm³/mol. The summed E-state index contributed by atoms with van der Waals surface area (Å²) in [6.45, 7) is 5.97. The van der Waals surface area contributed by atoms with E-state index in [0.717, 1.165) is 0 Å². The van der Waals surface area contributed by atoms with Gasteiger partial charge in [0, 0.05) is 12.5 Å². The van der Waals surface area contributed by atoms with Gasteiger partial charge in [0.1, 0.15) is 13.2 Å². The molecule has 0 atom stereocenters.